The lowest BCUT2D eigenvalue weighted by Gasteiger charge is -2.24. The summed E-state index contributed by atoms with van der Waals surface area (Å²) in [7, 11) is 1.60. The smallest absolute Gasteiger partial charge is 0.312 e. The average molecular weight is 335 g/mol. The molecule has 2 rings (SSSR count). The van der Waals surface area contributed by atoms with Crippen LogP contribution >= 0.6 is 0 Å². The lowest BCUT2D eigenvalue weighted by atomic mass is 9.97. The predicted molar refractivity (Wildman–Crippen MR) is 88.3 cm³/mol. The number of rotatable bonds is 6. The van der Waals surface area contributed by atoms with Gasteiger partial charge in [-0.2, -0.15) is 0 Å². The summed E-state index contributed by atoms with van der Waals surface area (Å²) in [6.45, 7) is 7.42. The zero-order valence-corrected chi connectivity index (χ0v) is 14.9. The van der Waals surface area contributed by atoms with E-state index in [9.17, 15) is 9.59 Å². The fourth-order valence-corrected chi connectivity index (χ4v) is 2.12. The highest BCUT2D eigenvalue weighted by atomic mass is 16.6. The number of methoxy groups -OCH3 is 1. The Labute approximate surface area is 142 Å². The number of carbonyl (C=O) groups is 2. The topological polar surface area (TPSA) is 68.4 Å². The number of carbonyl (C=O) groups excluding carboxylic acids is 2. The number of amides is 1. The molecule has 6 heteroatoms. The molecule has 0 bridgehead atoms. The van der Waals surface area contributed by atoms with E-state index >= 15 is 0 Å². The molecule has 1 aromatic rings. The minimum Gasteiger partial charge on any atom is -0.497 e. The molecule has 0 radical (unpaired) electrons. The maximum atomic E-state index is 12.5. The first-order valence-corrected chi connectivity index (χ1v) is 7.97. The molecule has 1 aromatic carbocycles. The molecule has 1 fully saturated rings. The summed E-state index contributed by atoms with van der Waals surface area (Å²) in [5.74, 6) is 0.231. The van der Waals surface area contributed by atoms with Crippen LogP contribution in [0.3, 0.4) is 0 Å². The summed E-state index contributed by atoms with van der Waals surface area (Å²) >= 11 is 0. The van der Waals surface area contributed by atoms with Crippen molar-refractivity contribution in [3.8, 4) is 5.75 Å². The third kappa shape index (κ3) is 4.71. The Morgan fingerprint density at radius 2 is 1.79 bits per heavy atom. The Bertz CT molecular complexity index is 590. The fourth-order valence-electron chi connectivity index (χ4n) is 2.12. The molecule has 1 saturated heterocycles. The maximum absolute atomic E-state index is 12.5. The summed E-state index contributed by atoms with van der Waals surface area (Å²) in [5.41, 5.74) is 0.308. The van der Waals surface area contributed by atoms with E-state index in [4.69, 9.17) is 14.2 Å². The molecule has 2 atom stereocenters. The van der Waals surface area contributed by atoms with Crippen LogP contribution in [0.25, 0.3) is 0 Å². The van der Waals surface area contributed by atoms with Gasteiger partial charge in [0.05, 0.1) is 18.6 Å². The highest BCUT2D eigenvalue weighted by Crippen LogP contribution is 2.25. The van der Waals surface area contributed by atoms with Gasteiger partial charge in [-0.25, -0.2) is 0 Å². The molecule has 132 valence electrons. The minimum absolute atomic E-state index is 0.0887. The van der Waals surface area contributed by atoms with Crippen LogP contribution in [0.5, 0.6) is 5.75 Å². The van der Waals surface area contributed by atoms with Crippen LogP contribution in [0.15, 0.2) is 24.3 Å². The van der Waals surface area contributed by atoms with Crippen molar-refractivity contribution in [2.75, 3.05) is 13.8 Å². The Morgan fingerprint density at radius 1 is 1.21 bits per heavy atom. The summed E-state index contributed by atoms with van der Waals surface area (Å²) in [6, 6.07) is 7.41. The quantitative estimate of drug-likeness (QED) is 0.453. The Morgan fingerprint density at radius 3 is 2.25 bits per heavy atom. The first kappa shape index (κ1) is 18.3. The van der Waals surface area contributed by atoms with E-state index in [0.29, 0.717) is 6.54 Å². The van der Waals surface area contributed by atoms with E-state index in [0.717, 1.165) is 11.3 Å². The van der Waals surface area contributed by atoms with Gasteiger partial charge in [-0.3, -0.25) is 9.59 Å². The van der Waals surface area contributed by atoms with E-state index in [-0.39, 0.29) is 24.7 Å². The first-order valence-electron chi connectivity index (χ1n) is 7.97. The SMILES string of the molecule is COc1ccc(CN(COC(=O)C(C)(C)C)C(=O)[C@@H]2O[C@@H]2C)cc1. The van der Waals surface area contributed by atoms with Crippen molar-refractivity contribution in [3.63, 3.8) is 0 Å². The van der Waals surface area contributed by atoms with Crippen molar-refractivity contribution in [3.05, 3.63) is 29.8 Å². The van der Waals surface area contributed by atoms with Gasteiger partial charge in [0.1, 0.15) is 5.75 Å². The van der Waals surface area contributed by atoms with Crippen LogP contribution < -0.4 is 4.74 Å². The van der Waals surface area contributed by atoms with Crippen molar-refractivity contribution in [2.24, 2.45) is 5.41 Å². The van der Waals surface area contributed by atoms with Gasteiger partial charge >= 0.3 is 5.97 Å². The van der Waals surface area contributed by atoms with Crippen LogP contribution in [0, 0.1) is 5.41 Å². The average Bonchev–Trinajstić information content (AvgIpc) is 3.27. The zero-order chi connectivity index (χ0) is 17.9. The largest absolute Gasteiger partial charge is 0.497 e. The summed E-state index contributed by atoms with van der Waals surface area (Å²) in [5, 5.41) is 0. The van der Waals surface area contributed by atoms with Gasteiger partial charge in [-0.05, 0) is 45.4 Å². The molecule has 1 aliphatic rings. The van der Waals surface area contributed by atoms with Crippen molar-refractivity contribution >= 4 is 11.9 Å². The van der Waals surface area contributed by atoms with E-state index < -0.39 is 11.5 Å². The van der Waals surface area contributed by atoms with E-state index in [1.165, 1.54) is 4.90 Å². The van der Waals surface area contributed by atoms with E-state index in [1.807, 2.05) is 31.2 Å². The second kappa shape index (κ2) is 7.21. The van der Waals surface area contributed by atoms with Gasteiger partial charge < -0.3 is 19.1 Å². The van der Waals surface area contributed by atoms with Gasteiger partial charge in [0.25, 0.3) is 5.91 Å². The summed E-state index contributed by atoms with van der Waals surface area (Å²) in [4.78, 5) is 26.0. The molecule has 0 aliphatic carbocycles. The Kier molecular flexibility index (Phi) is 5.49. The van der Waals surface area contributed by atoms with Crippen molar-refractivity contribution < 1.29 is 23.8 Å². The second-order valence-electron chi connectivity index (χ2n) is 6.96. The summed E-state index contributed by atoms with van der Waals surface area (Å²) < 4.78 is 15.7. The molecule has 1 aliphatic heterocycles. The Balaban J connectivity index is 2.04. The lowest BCUT2D eigenvalue weighted by Crippen LogP contribution is -2.38. The molecule has 24 heavy (non-hydrogen) atoms. The highest BCUT2D eigenvalue weighted by molar-refractivity contribution is 5.84. The van der Waals surface area contributed by atoms with Crippen LogP contribution in [0.4, 0.5) is 0 Å². The number of benzene rings is 1. The number of esters is 1. The van der Waals surface area contributed by atoms with Crippen molar-refractivity contribution in [1.82, 2.24) is 4.90 Å². The standard InChI is InChI=1S/C18H25NO5/c1-12-15(24-12)16(20)19(11-23-17(21)18(2,3)4)10-13-6-8-14(22-5)9-7-13/h6-9,12,15H,10-11H2,1-5H3/t12-,15-/m1/s1. The van der Waals surface area contributed by atoms with Gasteiger partial charge in [-0.1, -0.05) is 12.1 Å². The number of epoxide rings is 1. The third-order valence-electron chi connectivity index (χ3n) is 3.76. The molecule has 0 N–H and O–H groups in total. The highest BCUT2D eigenvalue weighted by Gasteiger charge is 2.43. The molecular formula is C18H25NO5. The Hall–Kier alpha value is -2.08. The molecular weight excluding hydrogens is 310 g/mol. The van der Waals surface area contributed by atoms with Gasteiger partial charge in [0.15, 0.2) is 12.8 Å². The van der Waals surface area contributed by atoms with Crippen LogP contribution in [0.1, 0.15) is 33.3 Å². The monoisotopic (exact) mass is 335 g/mol. The predicted octanol–water partition coefficient (Wildman–Crippen LogP) is 2.36. The number of ether oxygens (including phenoxy) is 3. The zero-order valence-electron chi connectivity index (χ0n) is 14.9. The molecule has 0 aromatic heterocycles. The van der Waals surface area contributed by atoms with Gasteiger partial charge in [0, 0.05) is 6.54 Å². The molecule has 6 nitrogen and oxygen atoms in total. The molecule has 1 heterocycles. The molecule has 1 amide bonds. The third-order valence-corrected chi connectivity index (χ3v) is 3.76. The van der Waals surface area contributed by atoms with E-state index in [2.05, 4.69) is 0 Å². The number of hydrogen-bond acceptors (Lipinski definition) is 5. The van der Waals surface area contributed by atoms with Crippen LogP contribution in [-0.2, 0) is 25.6 Å². The fraction of sp³-hybridized carbons (Fsp3) is 0.556. The van der Waals surface area contributed by atoms with Gasteiger partial charge in [-0.15, -0.1) is 0 Å². The van der Waals surface area contributed by atoms with Crippen molar-refractivity contribution in [2.45, 2.75) is 46.4 Å². The number of hydrogen-bond donors (Lipinski definition) is 0. The maximum Gasteiger partial charge on any atom is 0.312 e. The van der Waals surface area contributed by atoms with Crippen molar-refractivity contribution in [1.29, 1.82) is 0 Å². The van der Waals surface area contributed by atoms with E-state index in [1.54, 1.807) is 27.9 Å². The number of nitrogens with zero attached hydrogens (tertiary/aromatic N) is 1. The second-order valence-corrected chi connectivity index (χ2v) is 6.96. The normalized spacial score (nSPS) is 19.5. The van der Waals surface area contributed by atoms with Gasteiger partial charge in [0.2, 0.25) is 0 Å². The molecule has 0 unspecified atom stereocenters. The van der Waals surface area contributed by atoms with Crippen LogP contribution in [-0.4, -0.2) is 42.8 Å². The first-order chi connectivity index (χ1) is 11.2. The molecule has 0 saturated carbocycles. The minimum atomic E-state index is -0.613. The molecule has 0 spiro atoms. The lowest BCUT2D eigenvalue weighted by molar-refractivity contribution is -0.161. The van der Waals surface area contributed by atoms with Crippen LogP contribution in [0.2, 0.25) is 0 Å². The summed E-state index contributed by atoms with van der Waals surface area (Å²) in [6.07, 6.45) is -0.536.